The highest BCUT2D eigenvalue weighted by Crippen LogP contribution is 2.28. The summed E-state index contributed by atoms with van der Waals surface area (Å²) in [6, 6.07) is 9.59. The van der Waals surface area contributed by atoms with Crippen LogP contribution < -0.4 is 0 Å². The molecular formula is C15H17ClN2O. The summed E-state index contributed by atoms with van der Waals surface area (Å²) < 4.78 is 0. The number of carbonyl (C=O) groups excluding carboxylic acids is 1. The molecule has 0 saturated carbocycles. The number of para-hydroxylation sites is 1. The van der Waals surface area contributed by atoms with Crippen LogP contribution in [0, 0.1) is 0 Å². The molecule has 0 aliphatic rings. The van der Waals surface area contributed by atoms with Crippen molar-refractivity contribution < 1.29 is 4.79 Å². The Kier molecular flexibility index (Phi) is 4.38. The number of fused-ring (bicyclic) bond motifs is 1. The Bertz CT molecular complexity index is 576. The van der Waals surface area contributed by atoms with Crippen molar-refractivity contribution in [1.29, 1.82) is 0 Å². The predicted octanol–water partition coefficient (Wildman–Crippen LogP) is 3.38. The number of carbonyl (C=O) groups is 1. The summed E-state index contributed by atoms with van der Waals surface area (Å²) in [7, 11) is 0. The first kappa shape index (κ1) is 13.8. The zero-order chi connectivity index (χ0) is 13.8. The monoisotopic (exact) mass is 276 g/mol. The number of amides is 1. The maximum absolute atomic E-state index is 12.3. The van der Waals surface area contributed by atoms with Gasteiger partial charge in [0.25, 0.3) is 0 Å². The molecule has 1 heterocycles. The van der Waals surface area contributed by atoms with Crippen molar-refractivity contribution in [1.82, 2.24) is 9.88 Å². The fourth-order valence-electron chi connectivity index (χ4n) is 2.16. The molecule has 0 fully saturated rings. The van der Waals surface area contributed by atoms with Crippen molar-refractivity contribution in [2.45, 2.75) is 19.2 Å². The highest BCUT2D eigenvalue weighted by molar-refractivity contribution is 6.31. The second-order valence-electron chi connectivity index (χ2n) is 4.30. The summed E-state index contributed by atoms with van der Waals surface area (Å²) in [6.45, 7) is 5.23. The van der Waals surface area contributed by atoms with Gasteiger partial charge in [0.2, 0.25) is 5.91 Å². The summed E-state index contributed by atoms with van der Waals surface area (Å²) in [6.07, 6.45) is 1.72. The summed E-state index contributed by atoms with van der Waals surface area (Å²) in [4.78, 5) is 18.4. The number of rotatable bonds is 4. The first-order valence-corrected chi connectivity index (χ1v) is 6.89. The van der Waals surface area contributed by atoms with Gasteiger partial charge in [0.15, 0.2) is 0 Å². The van der Waals surface area contributed by atoms with Crippen molar-refractivity contribution >= 4 is 28.4 Å². The average molecular weight is 277 g/mol. The van der Waals surface area contributed by atoms with Crippen LogP contribution in [-0.4, -0.2) is 28.9 Å². The third-order valence-electron chi connectivity index (χ3n) is 3.23. The summed E-state index contributed by atoms with van der Waals surface area (Å²) in [5.74, 6) is -0.0650. The van der Waals surface area contributed by atoms with Crippen molar-refractivity contribution in [3.05, 3.63) is 42.1 Å². The molecule has 100 valence electrons. The molecule has 3 nitrogen and oxygen atoms in total. The van der Waals surface area contributed by atoms with Gasteiger partial charge >= 0.3 is 0 Å². The first-order chi connectivity index (χ1) is 9.19. The van der Waals surface area contributed by atoms with Gasteiger partial charge in [0.1, 0.15) is 5.38 Å². The van der Waals surface area contributed by atoms with E-state index < -0.39 is 5.38 Å². The van der Waals surface area contributed by atoms with E-state index in [4.69, 9.17) is 11.6 Å². The average Bonchev–Trinajstić information content (AvgIpc) is 2.47. The van der Waals surface area contributed by atoms with Gasteiger partial charge in [-0.15, -0.1) is 11.6 Å². The van der Waals surface area contributed by atoms with Crippen molar-refractivity contribution in [3.63, 3.8) is 0 Å². The number of likely N-dealkylation sites (N-methyl/N-ethyl adjacent to an activating group) is 1. The molecule has 0 radical (unpaired) electrons. The zero-order valence-electron chi connectivity index (χ0n) is 11.1. The minimum atomic E-state index is -0.682. The van der Waals surface area contributed by atoms with E-state index in [0.29, 0.717) is 13.1 Å². The lowest BCUT2D eigenvalue weighted by molar-refractivity contribution is -0.130. The minimum absolute atomic E-state index is 0.0650. The fourth-order valence-corrected chi connectivity index (χ4v) is 2.48. The van der Waals surface area contributed by atoms with E-state index in [0.717, 1.165) is 16.5 Å². The molecule has 1 amide bonds. The molecule has 2 rings (SSSR count). The third-order valence-corrected chi connectivity index (χ3v) is 3.65. The van der Waals surface area contributed by atoms with E-state index in [2.05, 4.69) is 4.98 Å². The molecular weight excluding hydrogens is 260 g/mol. The van der Waals surface area contributed by atoms with Crippen LogP contribution in [0.15, 0.2) is 36.5 Å². The highest BCUT2D eigenvalue weighted by Gasteiger charge is 2.23. The normalized spacial score (nSPS) is 12.4. The Morgan fingerprint density at radius 1 is 1.26 bits per heavy atom. The quantitative estimate of drug-likeness (QED) is 0.802. The van der Waals surface area contributed by atoms with Gasteiger partial charge in [-0.25, -0.2) is 0 Å². The summed E-state index contributed by atoms with van der Waals surface area (Å²) in [5.41, 5.74) is 1.57. The van der Waals surface area contributed by atoms with Gasteiger partial charge < -0.3 is 4.90 Å². The van der Waals surface area contributed by atoms with Gasteiger partial charge in [0.05, 0.1) is 5.52 Å². The molecule has 0 saturated heterocycles. The van der Waals surface area contributed by atoms with Gasteiger partial charge in [-0.1, -0.05) is 24.3 Å². The second-order valence-corrected chi connectivity index (χ2v) is 4.73. The Labute approximate surface area is 118 Å². The van der Waals surface area contributed by atoms with Crippen LogP contribution in [0.5, 0.6) is 0 Å². The molecule has 1 unspecified atom stereocenters. The number of benzene rings is 1. The molecule has 0 N–H and O–H groups in total. The summed E-state index contributed by atoms with van der Waals surface area (Å²) >= 11 is 6.36. The number of alkyl halides is 1. The number of aromatic nitrogens is 1. The molecule has 1 aromatic heterocycles. The lowest BCUT2D eigenvalue weighted by Gasteiger charge is -2.22. The summed E-state index contributed by atoms with van der Waals surface area (Å²) in [5, 5.41) is 0.316. The third kappa shape index (κ3) is 2.71. The SMILES string of the molecule is CCN(CC)C(=O)C(Cl)c1cccc2cccnc12. The predicted molar refractivity (Wildman–Crippen MR) is 78.3 cm³/mol. The second kappa shape index (κ2) is 6.02. The Hall–Kier alpha value is -1.61. The Balaban J connectivity index is 2.41. The molecule has 2 aromatic rings. The van der Waals surface area contributed by atoms with E-state index in [1.54, 1.807) is 11.1 Å². The Morgan fingerprint density at radius 3 is 2.63 bits per heavy atom. The van der Waals surface area contributed by atoms with Gasteiger partial charge in [0, 0.05) is 30.2 Å². The molecule has 0 spiro atoms. The molecule has 1 atom stereocenters. The topological polar surface area (TPSA) is 33.2 Å². The van der Waals surface area contributed by atoms with E-state index >= 15 is 0 Å². The number of halogens is 1. The van der Waals surface area contributed by atoms with E-state index in [-0.39, 0.29) is 5.91 Å². The largest absolute Gasteiger partial charge is 0.342 e. The van der Waals surface area contributed by atoms with Gasteiger partial charge in [-0.2, -0.15) is 0 Å². The number of pyridine rings is 1. The van der Waals surface area contributed by atoms with E-state index in [1.165, 1.54) is 0 Å². The number of hydrogen-bond acceptors (Lipinski definition) is 2. The standard InChI is InChI=1S/C15H17ClN2O/c1-3-18(4-2)15(19)13(16)12-9-5-7-11-8-6-10-17-14(11)12/h5-10,13H,3-4H2,1-2H3. The lowest BCUT2D eigenvalue weighted by atomic mass is 10.1. The molecule has 0 bridgehead atoms. The van der Waals surface area contributed by atoms with E-state index in [1.807, 2.05) is 44.2 Å². The molecule has 19 heavy (non-hydrogen) atoms. The fraction of sp³-hybridized carbons (Fsp3) is 0.333. The van der Waals surface area contributed by atoms with Crippen LogP contribution in [-0.2, 0) is 4.79 Å². The van der Waals surface area contributed by atoms with Crippen LogP contribution in [0.1, 0.15) is 24.8 Å². The minimum Gasteiger partial charge on any atom is -0.342 e. The van der Waals surface area contributed by atoms with Crippen molar-refractivity contribution in [2.75, 3.05) is 13.1 Å². The first-order valence-electron chi connectivity index (χ1n) is 6.45. The van der Waals surface area contributed by atoms with Crippen LogP contribution in [0.3, 0.4) is 0 Å². The van der Waals surface area contributed by atoms with Crippen molar-refractivity contribution in [3.8, 4) is 0 Å². The highest BCUT2D eigenvalue weighted by atomic mass is 35.5. The lowest BCUT2D eigenvalue weighted by Crippen LogP contribution is -2.33. The van der Waals surface area contributed by atoms with Crippen molar-refractivity contribution in [2.24, 2.45) is 0 Å². The molecule has 0 aliphatic carbocycles. The molecule has 1 aromatic carbocycles. The molecule has 0 aliphatic heterocycles. The number of nitrogens with zero attached hydrogens (tertiary/aromatic N) is 2. The van der Waals surface area contributed by atoms with Gasteiger partial charge in [-0.05, 0) is 19.9 Å². The van der Waals surface area contributed by atoms with E-state index in [9.17, 15) is 4.79 Å². The zero-order valence-corrected chi connectivity index (χ0v) is 11.9. The Morgan fingerprint density at radius 2 is 1.95 bits per heavy atom. The van der Waals surface area contributed by atoms with Crippen LogP contribution in [0.2, 0.25) is 0 Å². The van der Waals surface area contributed by atoms with Crippen LogP contribution in [0.4, 0.5) is 0 Å². The van der Waals surface area contributed by atoms with Gasteiger partial charge in [-0.3, -0.25) is 9.78 Å². The maximum Gasteiger partial charge on any atom is 0.245 e. The smallest absolute Gasteiger partial charge is 0.245 e. The number of hydrogen-bond donors (Lipinski definition) is 0. The molecule has 4 heteroatoms. The maximum atomic E-state index is 12.3. The van der Waals surface area contributed by atoms with Crippen LogP contribution >= 0.6 is 11.6 Å². The van der Waals surface area contributed by atoms with Crippen LogP contribution in [0.25, 0.3) is 10.9 Å².